The van der Waals surface area contributed by atoms with E-state index in [0.29, 0.717) is 6.54 Å². The van der Waals surface area contributed by atoms with E-state index >= 15 is 0 Å². The SMILES string of the molecule is Cc1ccc(NC(=O)N2CCc3c([nH]c4ccccc34)[C@@H]2c2ccc(F)cc2)cc1. The summed E-state index contributed by atoms with van der Waals surface area (Å²) in [5, 5.41) is 4.19. The van der Waals surface area contributed by atoms with Crippen molar-refractivity contribution in [2.45, 2.75) is 19.4 Å². The molecule has 0 radical (unpaired) electrons. The van der Waals surface area contributed by atoms with Gasteiger partial charge in [0.2, 0.25) is 0 Å². The number of aryl methyl sites for hydroxylation is 1. The quantitative estimate of drug-likeness (QED) is 0.440. The van der Waals surface area contributed by atoms with Crippen molar-refractivity contribution in [3.8, 4) is 0 Å². The van der Waals surface area contributed by atoms with Gasteiger partial charge in [0.05, 0.1) is 6.04 Å². The molecule has 3 aromatic carbocycles. The van der Waals surface area contributed by atoms with E-state index in [-0.39, 0.29) is 17.9 Å². The van der Waals surface area contributed by atoms with Crippen LogP contribution in [0.25, 0.3) is 10.9 Å². The number of carbonyl (C=O) groups excluding carboxylic acids is 1. The van der Waals surface area contributed by atoms with Gasteiger partial charge in [0.15, 0.2) is 0 Å². The maximum atomic E-state index is 13.6. The van der Waals surface area contributed by atoms with E-state index in [4.69, 9.17) is 0 Å². The zero-order valence-electron chi connectivity index (χ0n) is 16.7. The van der Waals surface area contributed by atoms with Gasteiger partial charge in [-0.25, -0.2) is 9.18 Å². The molecule has 150 valence electrons. The van der Waals surface area contributed by atoms with Gasteiger partial charge in [-0.3, -0.25) is 0 Å². The first kappa shape index (κ1) is 18.4. The highest BCUT2D eigenvalue weighted by Gasteiger charge is 2.34. The van der Waals surface area contributed by atoms with Gasteiger partial charge in [-0.2, -0.15) is 0 Å². The van der Waals surface area contributed by atoms with Crippen molar-refractivity contribution in [1.82, 2.24) is 9.88 Å². The van der Waals surface area contributed by atoms with E-state index in [9.17, 15) is 9.18 Å². The van der Waals surface area contributed by atoms with Crippen LogP contribution >= 0.6 is 0 Å². The fourth-order valence-corrected chi connectivity index (χ4v) is 4.28. The molecule has 0 saturated carbocycles. The molecule has 1 aromatic heterocycles. The van der Waals surface area contributed by atoms with Gasteiger partial charge < -0.3 is 15.2 Å². The lowest BCUT2D eigenvalue weighted by Gasteiger charge is -2.36. The second-order valence-electron chi connectivity index (χ2n) is 7.76. The van der Waals surface area contributed by atoms with Gasteiger partial charge in [0.25, 0.3) is 0 Å². The summed E-state index contributed by atoms with van der Waals surface area (Å²) in [6, 6.07) is 21.9. The lowest BCUT2D eigenvalue weighted by molar-refractivity contribution is 0.193. The van der Waals surface area contributed by atoms with Crippen LogP contribution in [0, 0.1) is 12.7 Å². The number of para-hydroxylation sites is 1. The van der Waals surface area contributed by atoms with Crippen molar-refractivity contribution in [3.63, 3.8) is 0 Å². The highest BCUT2D eigenvalue weighted by Crippen LogP contribution is 2.38. The largest absolute Gasteiger partial charge is 0.356 e. The summed E-state index contributed by atoms with van der Waals surface area (Å²) in [4.78, 5) is 18.6. The Hall–Kier alpha value is -3.60. The molecule has 1 aliphatic heterocycles. The molecule has 0 aliphatic carbocycles. The van der Waals surface area contributed by atoms with Crippen LogP contribution in [0.4, 0.5) is 14.9 Å². The summed E-state index contributed by atoms with van der Waals surface area (Å²) in [5.41, 5.74) is 6.04. The van der Waals surface area contributed by atoms with E-state index in [1.165, 1.54) is 23.1 Å². The van der Waals surface area contributed by atoms with E-state index in [0.717, 1.165) is 34.4 Å². The summed E-state index contributed by atoms with van der Waals surface area (Å²) < 4.78 is 13.6. The van der Waals surface area contributed by atoms with E-state index in [1.54, 1.807) is 12.1 Å². The Kier molecular flexibility index (Phi) is 4.51. The Morgan fingerprint density at radius 3 is 2.53 bits per heavy atom. The molecular formula is C25H22FN3O. The smallest absolute Gasteiger partial charge is 0.322 e. The molecule has 30 heavy (non-hydrogen) atoms. The first-order valence-electron chi connectivity index (χ1n) is 10.1. The topological polar surface area (TPSA) is 48.1 Å². The predicted octanol–water partition coefficient (Wildman–Crippen LogP) is 5.80. The lowest BCUT2D eigenvalue weighted by atomic mass is 9.92. The zero-order valence-corrected chi connectivity index (χ0v) is 16.7. The van der Waals surface area contributed by atoms with Crippen LogP contribution in [0.1, 0.15) is 28.4 Å². The Morgan fingerprint density at radius 2 is 1.77 bits per heavy atom. The predicted molar refractivity (Wildman–Crippen MR) is 117 cm³/mol. The normalized spacial score (nSPS) is 15.8. The fourth-order valence-electron chi connectivity index (χ4n) is 4.28. The van der Waals surface area contributed by atoms with Gasteiger partial charge >= 0.3 is 6.03 Å². The summed E-state index contributed by atoms with van der Waals surface area (Å²) >= 11 is 0. The summed E-state index contributed by atoms with van der Waals surface area (Å²) in [6.07, 6.45) is 0.762. The van der Waals surface area contributed by atoms with Crippen LogP contribution in [0.15, 0.2) is 72.8 Å². The van der Waals surface area contributed by atoms with Crippen LogP contribution in [-0.2, 0) is 6.42 Å². The molecule has 2 amide bonds. The van der Waals surface area contributed by atoms with E-state index < -0.39 is 0 Å². The number of aromatic nitrogens is 1. The van der Waals surface area contributed by atoms with Crippen molar-refractivity contribution in [3.05, 3.63) is 101 Å². The molecule has 5 rings (SSSR count). The van der Waals surface area contributed by atoms with Gasteiger partial charge in [0.1, 0.15) is 5.82 Å². The highest BCUT2D eigenvalue weighted by molar-refractivity contribution is 5.91. The van der Waals surface area contributed by atoms with Gasteiger partial charge in [-0.05, 0) is 54.8 Å². The number of amides is 2. The highest BCUT2D eigenvalue weighted by atomic mass is 19.1. The molecule has 5 heteroatoms. The molecule has 2 N–H and O–H groups in total. The number of carbonyl (C=O) groups is 1. The van der Waals surface area contributed by atoms with Crippen LogP contribution < -0.4 is 5.32 Å². The van der Waals surface area contributed by atoms with Gasteiger partial charge in [0, 0.05) is 28.8 Å². The number of rotatable bonds is 2. The molecule has 4 nitrogen and oxygen atoms in total. The summed E-state index contributed by atoms with van der Waals surface area (Å²) in [5.74, 6) is -0.290. The third-order valence-electron chi connectivity index (χ3n) is 5.78. The molecule has 2 heterocycles. The summed E-state index contributed by atoms with van der Waals surface area (Å²) in [7, 11) is 0. The average molecular weight is 399 g/mol. The van der Waals surface area contributed by atoms with Gasteiger partial charge in [-0.1, -0.05) is 48.0 Å². The standard InChI is InChI=1S/C25H22FN3O/c1-16-6-12-19(13-7-16)27-25(30)29-15-14-21-20-4-2-3-5-22(20)28-23(21)24(29)17-8-10-18(26)11-9-17/h2-13,24,28H,14-15H2,1H3,(H,27,30)/t24-/m0/s1. The van der Waals surface area contributed by atoms with Crippen molar-refractivity contribution in [2.75, 3.05) is 11.9 Å². The second kappa shape index (κ2) is 7.34. The summed E-state index contributed by atoms with van der Waals surface area (Å²) in [6.45, 7) is 2.59. The van der Waals surface area contributed by atoms with Crippen molar-refractivity contribution in [1.29, 1.82) is 0 Å². The number of hydrogen-bond acceptors (Lipinski definition) is 1. The number of urea groups is 1. The molecule has 1 atom stereocenters. The number of hydrogen-bond donors (Lipinski definition) is 2. The molecule has 0 saturated heterocycles. The van der Waals surface area contributed by atoms with Gasteiger partial charge in [-0.15, -0.1) is 0 Å². The Morgan fingerprint density at radius 1 is 1.03 bits per heavy atom. The maximum Gasteiger partial charge on any atom is 0.322 e. The van der Waals surface area contributed by atoms with Crippen molar-refractivity contribution in [2.24, 2.45) is 0 Å². The van der Waals surface area contributed by atoms with Crippen LogP contribution in [-0.4, -0.2) is 22.5 Å². The molecule has 1 aliphatic rings. The molecular weight excluding hydrogens is 377 g/mol. The number of nitrogens with zero attached hydrogens (tertiary/aromatic N) is 1. The van der Waals surface area contributed by atoms with Crippen LogP contribution in [0.2, 0.25) is 0 Å². The Balaban J connectivity index is 1.56. The number of halogens is 1. The molecule has 0 bridgehead atoms. The number of aromatic amines is 1. The Labute approximate surface area is 174 Å². The fraction of sp³-hybridized carbons (Fsp3) is 0.160. The minimum absolute atomic E-state index is 0.169. The third-order valence-corrected chi connectivity index (χ3v) is 5.78. The first-order valence-corrected chi connectivity index (χ1v) is 10.1. The Bertz CT molecular complexity index is 1210. The molecule has 0 unspecified atom stereocenters. The zero-order chi connectivity index (χ0) is 20.7. The third kappa shape index (κ3) is 3.22. The second-order valence-corrected chi connectivity index (χ2v) is 7.76. The van der Waals surface area contributed by atoms with E-state index in [2.05, 4.69) is 16.4 Å². The van der Waals surface area contributed by atoms with Crippen LogP contribution in [0.5, 0.6) is 0 Å². The average Bonchev–Trinajstić information content (AvgIpc) is 3.14. The molecule has 4 aromatic rings. The lowest BCUT2D eigenvalue weighted by Crippen LogP contribution is -2.43. The molecule has 0 fully saturated rings. The number of fused-ring (bicyclic) bond motifs is 3. The number of H-pyrrole nitrogens is 1. The monoisotopic (exact) mass is 399 g/mol. The maximum absolute atomic E-state index is 13.6. The van der Waals surface area contributed by atoms with Crippen molar-refractivity contribution < 1.29 is 9.18 Å². The number of benzene rings is 3. The van der Waals surface area contributed by atoms with Crippen LogP contribution in [0.3, 0.4) is 0 Å². The minimum Gasteiger partial charge on any atom is -0.356 e. The van der Waals surface area contributed by atoms with E-state index in [1.807, 2.05) is 54.3 Å². The first-order chi connectivity index (χ1) is 14.6. The number of anilines is 1. The van der Waals surface area contributed by atoms with Crippen molar-refractivity contribution >= 4 is 22.6 Å². The minimum atomic E-state index is -0.313. The molecule has 0 spiro atoms. The number of nitrogens with one attached hydrogen (secondary N) is 2.